The summed E-state index contributed by atoms with van der Waals surface area (Å²) in [4.78, 5) is 3.28. The largest absolute Gasteiger partial charge is 0.361 e. The Labute approximate surface area is 107 Å². The lowest BCUT2D eigenvalue weighted by Gasteiger charge is -2.10. The molecule has 0 aliphatic rings. The van der Waals surface area contributed by atoms with E-state index in [1.54, 1.807) is 0 Å². The second-order valence-corrected chi connectivity index (χ2v) is 4.50. The van der Waals surface area contributed by atoms with Gasteiger partial charge in [-0.05, 0) is 30.2 Å². The molecule has 0 aliphatic heterocycles. The third kappa shape index (κ3) is 1.95. The molecular formula is C17H15N. The van der Waals surface area contributed by atoms with Crippen molar-refractivity contribution >= 4 is 0 Å². The molecule has 1 N–H and O–H groups in total. The van der Waals surface area contributed by atoms with Crippen LogP contribution >= 0.6 is 0 Å². The molecule has 18 heavy (non-hydrogen) atoms. The highest BCUT2D eigenvalue weighted by molar-refractivity contribution is 5.82. The molecule has 0 fully saturated rings. The Bertz CT molecular complexity index is 637. The minimum atomic E-state index is 1.16. The summed E-state index contributed by atoms with van der Waals surface area (Å²) in [5.41, 5.74) is 6.22. The summed E-state index contributed by atoms with van der Waals surface area (Å²) < 4.78 is 0. The predicted octanol–water partition coefficient (Wildman–Crippen LogP) is 4.66. The maximum Gasteiger partial charge on any atom is 0.0460 e. The number of aromatic amines is 1. The molecule has 0 aliphatic carbocycles. The van der Waals surface area contributed by atoms with Crippen molar-refractivity contribution in [3.8, 4) is 22.4 Å². The number of H-pyrrole nitrogens is 1. The van der Waals surface area contributed by atoms with Crippen molar-refractivity contribution in [3.05, 3.63) is 72.4 Å². The molecule has 2 aromatic carbocycles. The van der Waals surface area contributed by atoms with E-state index in [2.05, 4.69) is 60.4 Å². The van der Waals surface area contributed by atoms with Crippen molar-refractivity contribution in [2.45, 2.75) is 6.92 Å². The second-order valence-electron chi connectivity index (χ2n) is 4.50. The lowest BCUT2D eigenvalue weighted by atomic mass is 9.96. The zero-order valence-electron chi connectivity index (χ0n) is 10.4. The number of aromatic nitrogens is 1. The molecule has 0 amide bonds. The van der Waals surface area contributed by atoms with Crippen molar-refractivity contribution < 1.29 is 0 Å². The topological polar surface area (TPSA) is 15.8 Å². The first-order valence-corrected chi connectivity index (χ1v) is 6.14. The van der Waals surface area contributed by atoms with Crippen LogP contribution in [0.4, 0.5) is 0 Å². The summed E-state index contributed by atoms with van der Waals surface area (Å²) in [6, 6.07) is 21.2. The highest BCUT2D eigenvalue weighted by Crippen LogP contribution is 2.31. The third-order valence-electron chi connectivity index (χ3n) is 3.15. The predicted molar refractivity (Wildman–Crippen MR) is 76.4 cm³/mol. The Morgan fingerprint density at radius 3 is 2.33 bits per heavy atom. The first-order valence-electron chi connectivity index (χ1n) is 6.14. The summed E-state index contributed by atoms with van der Waals surface area (Å²) in [7, 11) is 0. The number of benzene rings is 2. The molecule has 0 spiro atoms. The lowest BCUT2D eigenvalue weighted by molar-refractivity contribution is 1.38. The van der Waals surface area contributed by atoms with Crippen molar-refractivity contribution in [3.63, 3.8) is 0 Å². The van der Waals surface area contributed by atoms with Gasteiger partial charge < -0.3 is 4.98 Å². The summed E-state index contributed by atoms with van der Waals surface area (Å²) in [5.74, 6) is 0. The van der Waals surface area contributed by atoms with E-state index in [9.17, 15) is 0 Å². The summed E-state index contributed by atoms with van der Waals surface area (Å²) in [6.07, 6.45) is 1.96. The molecule has 88 valence electrons. The maximum atomic E-state index is 3.28. The van der Waals surface area contributed by atoms with Crippen molar-refractivity contribution in [2.24, 2.45) is 0 Å². The van der Waals surface area contributed by atoms with Crippen molar-refractivity contribution in [1.82, 2.24) is 4.98 Å². The Morgan fingerprint density at radius 1 is 0.778 bits per heavy atom. The summed E-state index contributed by atoms with van der Waals surface area (Å²) in [5, 5.41) is 0. The Morgan fingerprint density at radius 2 is 1.61 bits per heavy atom. The van der Waals surface area contributed by atoms with E-state index in [0.717, 1.165) is 5.69 Å². The maximum absolute atomic E-state index is 3.28. The van der Waals surface area contributed by atoms with Crippen LogP contribution in [0.1, 0.15) is 5.56 Å². The second kappa shape index (κ2) is 4.53. The van der Waals surface area contributed by atoms with Gasteiger partial charge in [-0.3, -0.25) is 0 Å². The van der Waals surface area contributed by atoms with E-state index >= 15 is 0 Å². The van der Waals surface area contributed by atoms with Crippen molar-refractivity contribution in [2.75, 3.05) is 0 Å². The van der Waals surface area contributed by atoms with E-state index in [1.807, 2.05) is 18.3 Å². The standard InChI is InChI=1S/C17H15N/c1-13-9-10-15(17-8-5-11-18-17)16(12-13)14-6-3-2-4-7-14/h2-12,18H,1H3. The lowest BCUT2D eigenvalue weighted by Crippen LogP contribution is -1.86. The molecule has 0 radical (unpaired) electrons. The van der Waals surface area contributed by atoms with Gasteiger partial charge in [0.05, 0.1) is 0 Å². The number of nitrogens with one attached hydrogen (secondary N) is 1. The van der Waals surface area contributed by atoms with Crippen LogP contribution in [0, 0.1) is 6.92 Å². The van der Waals surface area contributed by atoms with Gasteiger partial charge in [-0.1, -0.05) is 54.1 Å². The van der Waals surface area contributed by atoms with Gasteiger partial charge in [0.25, 0.3) is 0 Å². The van der Waals surface area contributed by atoms with Gasteiger partial charge in [-0.15, -0.1) is 0 Å². The van der Waals surface area contributed by atoms with Gasteiger partial charge in [-0.2, -0.15) is 0 Å². The average Bonchev–Trinajstić information content (AvgIpc) is 2.93. The molecule has 0 unspecified atom stereocenters. The van der Waals surface area contributed by atoms with Crippen LogP contribution in [-0.4, -0.2) is 4.98 Å². The number of hydrogen-bond acceptors (Lipinski definition) is 0. The minimum Gasteiger partial charge on any atom is -0.361 e. The fraction of sp³-hybridized carbons (Fsp3) is 0.0588. The minimum absolute atomic E-state index is 1.16. The van der Waals surface area contributed by atoms with E-state index in [0.29, 0.717) is 0 Å². The Balaban J connectivity index is 2.22. The molecule has 3 rings (SSSR count). The normalized spacial score (nSPS) is 10.5. The summed E-state index contributed by atoms with van der Waals surface area (Å²) in [6.45, 7) is 2.13. The highest BCUT2D eigenvalue weighted by atomic mass is 14.7. The van der Waals surface area contributed by atoms with Gasteiger partial charge in [0, 0.05) is 17.5 Å². The highest BCUT2D eigenvalue weighted by Gasteiger charge is 2.07. The Hall–Kier alpha value is -2.28. The molecule has 0 bridgehead atoms. The number of hydrogen-bond donors (Lipinski definition) is 1. The SMILES string of the molecule is Cc1ccc(-c2ccc[nH]2)c(-c2ccccc2)c1. The van der Waals surface area contributed by atoms with E-state index in [-0.39, 0.29) is 0 Å². The van der Waals surface area contributed by atoms with Crippen LogP contribution in [0.15, 0.2) is 66.9 Å². The van der Waals surface area contributed by atoms with E-state index < -0.39 is 0 Å². The van der Waals surface area contributed by atoms with Crippen LogP contribution in [0.3, 0.4) is 0 Å². The third-order valence-corrected chi connectivity index (χ3v) is 3.15. The average molecular weight is 233 g/mol. The fourth-order valence-electron chi connectivity index (χ4n) is 2.25. The van der Waals surface area contributed by atoms with Crippen molar-refractivity contribution in [1.29, 1.82) is 0 Å². The van der Waals surface area contributed by atoms with Crippen LogP contribution < -0.4 is 0 Å². The summed E-state index contributed by atoms with van der Waals surface area (Å²) >= 11 is 0. The van der Waals surface area contributed by atoms with E-state index in [1.165, 1.54) is 22.3 Å². The zero-order chi connectivity index (χ0) is 12.4. The van der Waals surface area contributed by atoms with Gasteiger partial charge in [0.1, 0.15) is 0 Å². The van der Waals surface area contributed by atoms with Gasteiger partial charge in [-0.25, -0.2) is 0 Å². The number of rotatable bonds is 2. The fourth-order valence-corrected chi connectivity index (χ4v) is 2.25. The first kappa shape index (κ1) is 10.8. The van der Waals surface area contributed by atoms with Crippen LogP contribution in [-0.2, 0) is 0 Å². The molecule has 0 atom stereocenters. The van der Waals surface area contributed by atoms with Crippen LogP contribution in [0.5, 0.6) is 0 Å². The quantitative estimate of drug-likeness (QED) is 0.662. The molecule has 3 aromatic rings. The Kier molecular flexibility index (Phi) is 2.73. The molecule has 1 heterocycles. The zero-order valence-corrected chi connectivity index (χ0v) is 10.4. The molecule has 0 saturated heterocycles. The van der Waals surface area contributed by atoms with Gasteiger partial charge in [0.15, 0.2) is 0 Å². The molecular weight excluding hydrogens is 218 g/mol. The molecule has 0 saturated carbocycles. The van der Waals surface area contributed by atoms with Gasteiger partial charge in [0.2, 0.25) is 0 Å². The van der Waals surface area contributed by atoms with Gasteiger partial charge >= 0.3 is 0 Å². The van der Waals surface area contributed by atoms with E-state index in [4.69, 9.17) is 0 Å². The first-order chi connectivity index (χ1) is 8.84. The molecule has 1 aromatic heterocycles. The van der Waals surface area contributed by atoms with Crippen LogP contribution in [0.25, 0.3) is 22.4 Å². The number of aryl methyl sites for hydroxylation is 1. The smallest absolute Gasteiger partial charge is 0.0460 e. The molecule has 1 heteroatoms. The van der Waals surface area contributed by atoms with Crippen LogP contribution in [0.2, 0.25) is 0 Å². The monoisotopic (exact) mass is 233 g/mol. The molecule has 1 nitrogen and oxygen atoms in total.